The quantitative estimate of drug-likeness (QED) is 0.770. The summed E-state index contributed by atoms with van der Waals surface area (Å²) in [7, 11) is -3.73. The van der Waals surface area contributed by atoms with Crippen molar-refractivity contribution in [2.75, 3.05) is 26.2 Å². The number of nitrogens with zero attached hydrogens (tertiary/aromatic N) is 2. The van der Waals surface area contributed by atoms with Crippen LogP contribution >= 0.6 is 0 Å². The van der Waals surface area contributed by atoms with Crippen LogP contribution in [-0.4, -0.2) is 57.4 Å². The number of nitrogens with one attached hydrogen (secondary N) is 1. The molecule has 4 rings (SSSR count). The van der Waals surface area contributed by atoms with E-state index >= 15 is 0 Å². The van der Waals surface area contributed by atoms with Gasteiger partial charge in [-0.05, 0) is 63.1 Å². The number of carbonyl (C=O) groups excluding carboxylic acids is 1. The van der Waals surface area contributed by atoms with Gasteiger partial charge in [0.15, 0.2) is 0 Å². The Labute approximate surface area is 184 Å². The maximum absolute atomic E-state index is 12.9. The van der Waals surface area contributed by atoms with Gasteiger partial charge in [0.1, 0.15) is 10.7 Å². The summed E-state index contributed by atoms with van der Waals surface area (Å²) in [6.07, 6.45) is 3.56. The molecule has 3 aliphatic heterocycles. The van der Waals surface area contributed by atoms with Gasteiger partial charge in [-0.2, -0.15) is 8.42 Å². The molecule has 2 fully saturated rings. The van der Waals surface area contributed by atoms with Gasteiger partial charge < -0.3 is 15.0 Å². The Hall–Kier alpha value is -2.19. The Morgan fingerprint density at radius 3 is 2.55 bits per heavy atom. The van der Waals surface area contributed by atoms with Gasteiger partial charge in [-0.25, -0.2) is 0 Å². The average molecular weight is 446 g/mol. The van der Waals surface area contributed by atoms with E-state index < -0.39 is 10.0 Å². The topological polar surface area (TPSA) is 88.1 Å². The third kappa shape index (κ3) is 4.55. The van der Waals surface area contributed by atoms with Crippen LogP contribution in [0.3, 0.4) is 0 Å². The highest BCUT2D eigenvalue weighted by atomic mass is 32.2. The number of hydrogen-bond donors (Lipinski definition) is 1. The lowest BCUT2D eigenvalue weighted by atomic mass is 9.95. The summed E-state index contributed by atoms with van der Waals surface area (Å²) >= 11 is 0. The van der Waals surface area contributed by atoms with Crippen molar-refractivity contribution in [1.29, 1.82) is 0 Å². The molecule has 1 aromatic rings. The molecule has 31 heavy (non-hydrogen) atoms. The summed E-state index contributed by atoms with van der Waals surface area (Å²) in [5, 5.41) is 3.02. The fourth-order valence-electron chi connectivity index (χ4n) is 4.58. The number of benzene rings is 1. The van der Waals surface area contributed by atoms with Gasteiger partial charge in [0.25, 0.3) is 10.0 Å². The van der Waals surface area contributed by atoms with Crippen molar-refractivity contribution in [2.24, 2.45) is 10.3 Å². The van der Waals surface area contributed by atoms with Crippen molar-refractivity contribution in [3.63, 3.8) is 0 Å². The van der Waals surface area contributed by atoms with Gasteiger partial charge in [0, 0.05) is 37.7 Å². The van der Waals surface area contributed by atoms with E-state index in [1.54, 1.807) is 0 Å². The largest absolute Gasteiger partial charge is 0.376 e. The number of amides is 1. The fourth-order valence-corrected chi connectivity index (χ4v) is 6.06. The number of rotatable bonds is 4. The first-order chi connectivity index (χ1) is 14.8. The summed E-state index contributed by atoms with van der Waals surface area (Å²) < 4.78 is 35.4. The van der Waals surface area contributed by atoms with E-state index in [-0.39, 0.29) is 17.9 Å². The molecule has 0 radical (unpaired) electrons. The van der Waals surface area contributed by atoms with E-state index in [1.165, 1.54) is 0 Å². The summed E-state index contributed by atoms with van der Waals surface area (Å²) in [6.45, 7) is 8.40. The second-order valence-electron chi connectivity index (χ2n) is 8.78. The van der Waals surface area contributed by atoms with E-state index in [2.05, 4.69) is 9.71 Å². The Bertz CT molecular complexity index is 1030. The third-order valence-corrected chi connectivity index (χ3v) is 8.07. The van der Waals surface area contributed by atoms with Crippen LogP contribution in [-0.2, 0) is 19.6 Å². The van der Waals surface area contributed by atoms with E-state index in [0.717, 1.165) is 30.6 Å². The molecule has 2 saturated heterocycles. The highest BCUT2D eigenvalue weighted by Gasteiger charge is 2.36. The van der Waals surface area contributed by atoms with E-state index in [0.29, 0.717) is 54.4 Å². The molecule has 168 valence electrons. The van der Waals surface area contributed by atoms with Crippen LogP contribution in [0.15, 0.2) is 28.2 Å². The number of likely N-dealkylation sites (tertiary alicyclic amines) is 1. The molecule has 0 bridgehead atoms. The van der Waals surface area contributed by atoms with Gasteiger partial charge in [-0.15, -0.1) is 4.40 Å². The molecule has 0 spiro atoms. The molecule has 0 aromatic heterocycles. The molecule has 1 amide bonds. The zero-order valence-corrected chi connectivity index (χ0v) is 19.3. The SMILES string of the molecule is CC1=C(c2ccc(C)c(C)c2)S(=O)(=O)N=C1N1CCC(C(=O)NCC2CCCO2)CC1. The van der Waals surface area contributed by atoms with Gasteiger partial charge in [-0.1, -0.05) is 18.2 Å². The van der Waals surface area contributed by atoms with Crippen molar-refractivity contribution in [3.05, 3.63) is 40.5 Å². The molecule has 1 aromatic carbocycles. The monoisotopic (exact) mass is 445 g/mol. The number of piperidine rings is 1. The molecule has 1 atom stereocenters. The molecule has 3 aliphatic rings. The molecule has 1 N–H and O–H groups in total. The standard InChI is InChI=1S/C23H31N3O4S/c1-15-6-7-19(13-16(15)2)21-17(3)22(25-31(21,28)29)26-10-8-18(9-11-26)23(27)24-14-20-5-4-12-30-20/h6-7,13,18,20H,4-5,8-12,14H2,1-3H3,(H,24,27). The summed E-state index contributed by atoms with van der Waals surface area (Å²) in [5.74, 6) is 0.533. The van der Waals surface area contributed by atoms with Crippen LogP contribution < -0.4 is 5.32 Å². The van der Waals surface area contributed by atoms with E-state index in [4.69, 9.17) is 4.74 Å². The summed E-state index contributed by atoms with van der Waals surface area (Å²) in [4.78, 5) is 14.8. The minimum absolute atomic E-state index is 0.0558. The zero-order chi connectivity index (χ0) is 22.2. The normalized spacial score (nSPS) is 23.9. The maximum Gasteiger partial charge on any atom is 0.285 e. The van der Waals surface area contributed by atoms with Crippen LogP contribution in [0.4, 0.5) is 0 Å². The second-order valence-corrected chi connectivity index (χ2v) is 10.3. The molecule has 0 aliphatic carbocycles. The lowest BCUT2D eigenvalue weighted by molar-refractivity contribution is -0.126. The fraction of sp³-hybridized carbons (Fsp3) is 0.565. The first kappa shape index (κ1) is 22.0. The van der Waals surface area contributed by atoms with E-state index in [1.807, 2.05) is 43.9 Å². The van der Waals surface area contributed by atoms with Crippen LogP contribution in [0.1, 0.15) is 49.3 Å². The van der Waals surface area contributed by atoms with Crippen LogP contribution in [0, 0.1) is 19.8 Å². The first-order valence-electron chi connectivity index (χ1n) is 11.0. The Balaban J connectivity index is 1.42. The first-order valence-corrected chi connectivity index (χ1v) is 12.5. The van der Waals surface area contributed by atoms with E-state index in [9.17, 15) is 13.2 Å². The molecule has 3 heterocycles. The van der Waals surface area contributed by atoms with Crippen molar-refractivity contribution in [1.82, 2.24) is 10.2 Å². The number of ether oxygens (including phenoxy) is 1. The molecule has 7 nitrogen and oxygen atoms in total. The lowest BCUT2D eigenvalue weighted by Crippen LogP contribution is -2.44. The Morgan fingerprint density at radius 1 is 1.16 bits per heavy atom. The molecule has 8 heteroatoms. The van der Waals surface area contributed by atoms with Crippen LogP contribution in [0.5, 0.6) is 0 Å². The van der Waals surface area contributed by atoms with Gasteiger partial charge >= 0.3 is 0 Å². The van der Waals surface area contributed by atoms with Crippen LogP contribution in [0.2, 0.25) is 0 Å². The number of carbonyl (C=O) groups is 1. The minimum atomic E-state index is -3.73. The smallest absolute Gasteiger partial charge is 0.285 e. The number of sulfonamides is 1. The van der Waals surface area contributed by atoms with Gasteiger partial charge in [0.2, 0.25) is 5.91 Å². The number of hydrogen-bond acceptors (Lipinski definition) is 5. The third-order valence-electron chi connectivity index (χ3n) is 6.60. The van der Waals surface area contributed by atoms with Gasteiger partial charge in [0.05, 0.1) is 6.10 Å². The Kier molecular flexibility index (Phi) is 6.21. The highest BCUT2D eigenvalue weighted by molar-refractivity contribution is 8.00. The number of amidine groups is 1. The zero-order valence-electron chi connectivity index (χ0n) is 18.5. The lowest BCUT2D eigenvalue weighted by Gasteiger charge is -2.33. The second kappa shape index (κ2) is 8.74. The summed E-state index contributed by atoms with van der Waals surface area (Å²) in [6, 6.07) is 5.70. The predicted octanol–water partition coefficient (Wildman–Crippen LogP) is 2.78. The molecule has 0 saturated carbocycles. The molecular weight excluding hydrogens is 414 g/mol. The highest BCUT2D eigenvalue weighted by Crippen LogP contribution is 2.35. The van der Waals surface area contributed by atoms with Crippen molar-refractivity contribution in [3.8, 4) is 0 Å². The molecular formula is C23H31N3O4S. The average Bonchev–Trinajstić information content (AvgIpc) is 3.34. The maximum atomic E-state index is 12.9. The van der Waals surface area contributed by atoms with Gasteiger partial charge in [-0.3, -0.25) is 4.79 Å². The van der Waals surface area contributed by atoms with Crippen molar-refractivity contribution >= 4 is 26.7 Å². The summed E-state index contributed by atoms with van der Waals surface area (Å²) in [5.41, 5.74) is 3.54. The Morgan fingerprint density at radius 2 is 1.90 bits per heavy atom. The number of aryl methyl sites for hydroxylation is 2. The predicted molar refractivity (Wildman–Crippen MR) is 121 cm³/mol. The van der Waals surface area contributed by atoms with Crippen molar-refractivity contribution in [2.45, 2.75) is 52.6 Å². The van der Waals surface area contributed by atoms with Crippen molar-refractivity contribution < 1.29 is 17.9 Å². The minimum Gasteiger partial charge on any atom is -0.376 e. The molecule has 1 unspecified atom stereocenters. The van der Waals surface area contributed by atoms with Crippen LogP contribution in [0.25, 0.3) is 4.91 Å².